The molecular weight excluding hydrogens is 330 g/mol. The quantitative estimate of drug-likeness (QED) is 0.543. The van der Waals surface area contributed by atoms with Gasteiger partial charge in [-0.05, 0) is 24.3 Å². The third kappa shape index (κ3) is 3.52. The number of para-hydroxylation sites is 1. The summed E-state index contributed by atoms with van der Waals surface area (Å²) < 4.78 is 0. The van der Waals surface area contributed by atoms with E-state index in [2.05, 4.69) is 20.8 Å². The molecule has 24 heavy (non-hydrogen) atoms. The molecule has 0 saturated heterocycles. The van der Waals surface area contributed by atoms with Crippen LogP contribution >= 0.6 is 11.3 Å². The third-order valence-electron chi connectivity index (χ3n) is 3.09. The van der Waals surface area contributed by atoms with Crippen LogP contribution in [0.1, 0.15) is 10.4 Å². The van der Waals surface area contributed by atoms with Crippen LogP contribution in [0.15, 0.2) is 54.0 Å². The number of nitro benzene ring substituents is 1. The fourth-order valence-electron chi connectivity index (χ4n) is 2.00. The average Bonchev–Trinajstić information content (AvgIpc) is 3.09. The zero-order chi connectivity index (χ0) is 16.9. The van der Waals surface area contributed by atoms with Crippen LogP contribution in [0.4, 0.5) is 22.2 Å². The summed E-state index contributed by atoms with van der Waals surface area (Å²) in [6.07, 6.45) is 0. The van der Waals surface area contributed by atoms with Crippen molar-refractivity contribution in [1.82, 2.24) is 10.2 Å². The number of nitrogens with one attached hydrogen (secondary N) is 2. The Balaban J connectivity index is 1.87. The van der Waals surface area contributed by atoms with Crippen LogP contribution in [0.25, 0.3) is 0 Å². The first kappa shape index (κ1) is 15.6. The molecule has 2 N–H and O–H groups in total. The summed E-state index contributed by atoms with van der Waals surface area (Å²) in [7, 11) is 0. The molecule has 8 nitrogen and oxygen atoms in total. The second-order valence-electron chi connectivity index (χ2n) is 4.68. The van der Waals surface area contributed by atoms with E-state index in [1.54, 1.807) is 12.1 Å². The summed E-state index contributed by atoms with van der Waals surface area (Å²) in [4.78, 5) is 22.9. The van der Waals surface area contributed by atoms with Gasteiger partial charge >= 0.3 is 0 Å². The van der Waals surface area contributed by atoms with E-state index in [-0.39, 0.29) is 11.3 Å². The Morgan fingerprint density at radius 1 is 1.17 bits per heavy atom. The number of anilines is 3. The minimum atomic E-state index is -0.535. The van der Waals surface area contributed by atoms with Gasteiger partial charge in [0.05, 0.1) is 4.92 Å². The van der Waals surface area contributed by atoms with Crippen molar-refractivity contribution in [2.75, 3.05) is 10.6 Å². The molecule has 0 spiro atoms. The molecule has 3 aromatic rings. The number of benzene rings is 2. The smallest absolute Gasteiger partial charge is 0.293 e. The number of hydrogen-bond acceptors (Lipinski definition) is 7. The maximum Gasteiger partial charge on any atom is 0.293 e. The predicted octanol–water partition coefficient (Wildman–Crippen LogP) is 3.44. The number of nitro groups is 1. The number of carbonyl (C=O) groups excluding carboxylic acids is 1. The van der Waals surface area contributed by atoms with Gasteiger partial charge < -0.3 is 5.32 Å². The first-order chi connectivity index (χ1) is 11.6. The van der Waals surface area contributed by atoms with Crippen LogP contribution in [0.2, 0.25) is 0 Å². The maximum absolute atomic E-state index is 12.1. The van der Waals surface area contributed by atoms with E-state index >= 15 is 0 Å². The summed E-state index contributed by atoms with van der Waals surface area (Å²) in [5.74, 6) is -0.485. The van der Waals surface area contributed by atoms with E-state index in [0.717, 1.165) is 11.3 Å². The molecule has 0 aliphatic rings. The van der Waals surface area contributed by atoms with Crippen LogP contribution in [0.5, 0.6) is 0 Å². The van der Waals surface area contributed by atoms with Crippen molar-refractivity contribution >= 4 is 39.4 Å². The van der Waals surface area contributed by atoms with Crippen molar-refractivity contribution in [2.45, 2.75) is 0 Å². The van der Waals surface area contributed by atoms with Crippen molar-refractivity contribution in [3.63, 3.8) is 0 Å². The standard InChI is InChI=1S/C15H11N5O3S/c21-14(18-15-19-16-9-24-15)10-6-7-12(13(8-10)20(22)23)17-11-4-2-1-3-5-11/h1-9,17H,(H,18,19,21). The van der Waals surface area contributed by atoms with Gasteiger partial charge in [-0.25, -0.2) is 0 Å². The summed E-state index contributed by atoms with van der Waals surface area (Å²) in [5, 5.41) is 24.5. The zero-order valence-corrected chi connectivity index (χ0v) is 13.0. The average molecular weight is 341 g/mol. The molecule has 1 heterocycles. The van der Waals surface area contributed by atoms with Gasteiger partial charge in [0.2, 0.25) is 5.13 Å². The molecule has 0 fully saturated rings. The number of amides is 1. The Morgan fingerprint density at radius 2 is 1.96 bits per heavy atom. The Labute approximate surface area is 140 Å². The fourth-order valence-corrected chi connectivity index (χ4v) is 2.44. The molecular formula is C15H11N5O3S. The summed E-state index contributed by atoms with van der Waals surface area (Å²) in [5.41, 5.74) is 2.47. The highest BCUT2D eigenvalue weighted by Crippen LogP contribution is 2.29. The Bertz CT molecular complexity index is 868. The SMILES string of the molecule is O=C(Nc1nncs1)c1ccc(Nc2ccccc2)c([N+](=O)[O-])c1. The fraction of sp³-hybridized carbons (Fsp3) is 0. The predicted molar refractivity (Wildman–Crippen MR) is 90.7 cm³/mol. The lowest BCUT2D eigenvalue weighted by Crippen LogP contribution is -2.12. The molecule has 0 radical (unpaired) electrons. The third-order valence-corrected chi connectivity index (χ3v) is 3.70. The zero-order valence-electron chi connectivity index (χ0n) is 12.2. The molecule has 120 valence electrons. The van der Waals surface area contributed by atoms with E-state index < -0.39 is 10.8 Å². The Kier molecular flexibility index (Phi) is 4.43. The second kappa shape index (κ2) is 6.84. The maximum atomic E-state index is 12.1. The minimum absolute atomic E-state index is 0.163. The molecule has 1 amide bonds. The van der Waals surface area contributed by atoms with Gasteiger partial charge in [0.15, 0.2) is 0 Å². The largest absolute Gasteiger partial charge is 0.350 e. The van der Waals surface area contributed by atoms with Gasteiger partial charge in [0.25, 0.3) is 11.6 Å². The van der Waals surface area contributed by atoms with Gasteiger partial charge in [0.1, 0.15) is 11.2 Å². The number of hydrogen-bond donors (Lipinski definition) is 2. The number of carbonyl (C=O) groups is 1. The topological polar surface area (TPSA) is 110 Å². The normalized spacial score (nSPS) is 10.2. The van der Waals surface area contributed by atoms with Crippen molar-refractivity contribution in [3.05, 3.63) is 69.7 Å². The first-order valence-corrected chi connectivity index (χ1v) is 7.69. The van der Waals surface area contributed by atoms with Gasteiger partial charge in [-0.15, -0.1) is 10.2 Å². The summed E-state index contributed by atoms with van der Waals surface area (Å²) in [6, 6.07) is 13.3. The van der Waals surface area contributed by atoms with E-state index in [0.29, 0.717) is 16.5 Å². The highest BCUT2D eigenvalue weighted by Gasteiger charge is 2.18. The molecule has 0 bridgehead atoms. The highest BCUT2D eigenvalue weighted by molar-refractivity contribution is 7.13. The van der Waals surface area contributed by atoms with Crippen LogP contribution in [0.3, 0.4) is 0 Å². The Morgan fingerprint density at radius 3 is 2.62 bits per heavy atom. The van der Waals surface area contributed by atoms with E-state index in [1.165, 1.54) is 23.7 Å². The molecule has 1 aromatic heterocycles. The molecule has 0 aliphatic heterocycles. The lowest BCUT2D eigenvalue weighted by molar-refractivity contribution is -0.383. The van der Waals surface area contributed by atoms with Crippen LogP contribution < -0.4 is 10.6 Å². The molecule has 0 atom stereocenters. The molecule has 0 aliphatic carbocycles. The van der Waals surface area contributed by atoms with E-state index in [4.69, 9.17) is 0 Å². The van der Waals surface area contributed by atoms with Gasteiger partial charge in [-0.1, -0.05) is 29.5 Å². The van der Waals surface area contributed by atoms with Crippen molar-refractivity contribution in [2.24, 2.45) is 0 Å². The highest BCUT2D eigenvalue weighted by atomic mass is 32.1. The lowest BCUT2D eigenvalue weighted by atomic mass is 10.1. The summed E-state index contributed by atoms with van der Waals surface area (Å²) >= 11 is 1.16. The molecule has 0 saturated carbocycles. The lowest BCUT2D eigenvalue weighted by Gasteiger charge is -2.08. The molecule has 9 heteroatoms. The van der Waals surface area contributed by atoms with Crippen LogP contribution in [-0.2, 0) is 0 Å². The molecule has 2 aromatic carbocycles. The summed E-state index contributed by atoms with van der Waals surface area (Å²) in [6.45, 7) is 0. The van der Waals surface area contributed by atoms with E-state index in [1.807, 2.05) is 18.2 Å². The Hall–Kier alpha value is -3.33. The minimum Gasteiger partial charge on any atom is -0.350 e. The second-order valence-corrected chi connectivity index (χ2v) is 5.51. The molecule has 0 unspecified atom stereocenters. The van der Waals surface area contributed by atoms with Gasteiger partial charge in [0, 0.05) is 17.3 Å². The monoisotopic (exact) mass is 341 g/mol. The number of aromatic nitrogens is 2. The van der Waals surface area contributed by atoms with Crippen molar-refractivity contribution < 1.29 is 9.72 Å². The van der Waals surface area contributed by atoms with Crippen LogP contribution in [0, 0.1) is 10.1 Å². The van der Waals surface area contributed by atoms with Gasteiger partial charge in [-0.3, -0.25) is 20.2 Å². The van der Waals surface area contributed by atoms with Crippen LogP contribution in [-0.4, -0.2) is 21.0 Å². The van der Waals surface area contributed by atoms with Gasteiger partial charge in [-0.2, -0.15) is 0 Å². The van der Waals surface area contributed by atoms with Crippen molar-refractivity contribution in [1.29, 1.82) is 0 Å². The van der Waals surface area contributed by atoms with Crippen molar-refractivity contribution in [3.8, 4) is 0 Å². The number of nitrogens with zero attached hydrogens (tertiary/aromatic N) is 3. The first-order valence-electron chi connectivity index (χ1n) is 6.81. The number of rotatable bonds is 5. The molecule has 3 rings (SSSR count). The van der Waals surface area contributed by atoms with E-state index in [9.17, 15) is 14.9 Å².